The maximum absolute atomic E-state index is 12.1. The maximum atomic E-state index is 12.1. The second-order valence-electron chi connectivity index (χ2n) is 9.65. The lowest BCUT2D eigenvalue weighted by Gasteiger charge is -2.21. The van der Waals surface area contributed by atoms with Gasteiger partial charge in [-0.15, -0.1) is 0 Å². The van der Waals surface area contributed by atoms with Crippen LogP contribution in [-0.2, 0) is 28.5 Å². The van der Waals surface area contributed by atoms with Gasteiger partial charge in [0.15, 0.2) is 0 Å². The van der Waals surface area contributed by atoms with E-state index in [4.69, 9.17) is 18.9 Å². The van der Waals surface area contributed by atoms with Gasteiger partial charge in [0.1, 0.15) is 29.8 Å². The van der Waals surface area contributed by atoms with Crippen LogP contribution in [0.1, 0.15) is 87.5 Å². The summed E-state index contributed by atoms with van der Waals surface area (Å²) in [6, 6.07) is 0. The molecule has 2 amide bonds. The highest BCUT2D eigenvalue weighted by atomic mass is 16.6. The third kappa shape index (κ3) is 17.7. The summed E-state index contributed by atoms with van der Waals surface area (Å²) in [5.41, 5.74) is -1.19. The molecule has 0 bridgehead atoms. The third-order valence-corrected chi connectivity index (χ3v) is 4.06. The van der Waals surface area contributed by atoms with Crippen molar-refractivity contribution in [2.75, 3.05) is 13.1 Å². The predicted octanol–water partition coefficient (Wildman–Crippen LogP) is 3.85. The first kappa shape index (κ1) is 30.5. The highest BCUT2D eigenvalue weighted by Gasteiger charge is 2.21. The molecule has 0 heterocycles. The molecule has 0 fully saturated rings. The summed E-state index contributed by atoms with van der Waals surface area (Å²) in [6.07, 6.45) is -0.630. The molecular formula is C23H42N2O8. The molecule has 33 heavy (non-hydrogen) atoms. The molecule has 10 nitrogen and oxygen atoms in total. The highest BCUT2D eigenvalue weighted by Crippen LogP contribution is 2.10. The Morgan fingerprint density at radius 2 is 1.00 bits per heavy atom. The van der Waals surface area contributed by atoms with Crippen molar-refractivity contribution in [1.82, 2.24) is 10.6 Å². The number of rotatable bonds is 12. The van der Waals surface area contributed by atoms with Crippen LogP contribution >= 0.6 is 0 Å². The smallest absolute Gasteiger partial charge is 0.407 e. The predicted molar refractivity (Wildman–Crippen MR) is 123 cm³/mol. The molecule has 0 spiro atoms. The molecular weight excluding hydrogens is 432 g/mol. The van der Waals surface area contributed by atoms with E-state index in [1.165, 1.54) is 0 Å². The SMILES string of the molecule is CCC(CCNC(=O)OC(C)(C)C)OC(=O)CC(=O)OC(CC)CCNC(=O)OC(C)(C)C. The van der Waals surface area contributed by atoms with Crippen molar-refractivity contribution in [3.63, 3.8) is 0 Å². The van der Waals surface area contributed by atoms with Crippen LogP contribution in [-0.4, -0.2) is 60.6 Å². The second-order valence-corrected chi connectivity index (χ2v) is 9.65. The molecule has 0 aromatic rings. The van der Waals surface area contributed by atoms with E-state index in [2.05, 4.69) is 10.6 Å². The molecule has 0 aliphatic carbocycles. The first-order valence-corrected chi connectivity index (χ1v) is 11.5. The van der Waals surface area contributed by atoms with Crippen molar-refractivity contribution in [2.24, 2.45) is 0 Å². The van der Waals surface area contributed by atoms with Crippen LogP contribution in [0.25, 0.3) is 0 Å². The van der Waals surface area contributed by atoms with Gasteiger partial charge in [-0.3, -0.25) is 9.59 Å². The van der Waals surface area contributed by atoms with Gasteiger partial charge in [0.25, 0.3) is 0 Å². The fraction of sp³-hybridized carbons (Fsp3) is 0.826. The van der Waals surface area contributed by atoms with Crippen LogP contribution in [0.4, 0.5) is 9.59 Å². The van der Waals surface area contributed by atoms with E-state index in [1.807, 2.05) is 13.8 Å². The topological polar surface area (TPSA) is 129 Å². The summed E-state index contributed by atoms with van der Waals surface area (Å²) in [5.74, 6) is -1.38. The van der Waals surface area contributed by atoms with Crippen molar-refractivity contribution in [2.45, 2.75) is 111 Å². The summed E-state index contributed by atoms with van der Waals surface area (Å²) in [4.78, 5) is 47.5. The molecule has 2 unspecified atom stereocenters. The van der Waals surface area contributed by atoms with Crippen molar-refractivity contribution >= 4 is 24.1 Å². The molecule has 0 radical (unpaired) electrons. The van der Waals surface area contributed by atoms with Crippen molar-refractivity contribution in [3.05, 3.63) is 0 Å². The molecule has 0 aromatic carbocycles. The number of hydrogen-bond acceptors (Lipinski definition) is 8. The lowest BCUT2D eigenvalue weighted by Crippen LogP contribution is -2.35. The monoisotopic (exact) mass is 474 g/mol. The number of esters is 2. The van der Waals surface area contributed by atoms with Crippen LogP contribution in [0.15, 0.2) is 0 Å². The summed E-state index contributed by atoms with van der Waals surface area (Å²) in [5, 5.41) is 5.22. The molecule has 0 aliphatic heterocycles. The van der Waals surface area contributed by atoms with E-state index in [0.29, 0.717) is 25.7 Å². The molecule has 0 aliphatic rings. The number of amides is 2. The van der Waals surface area contributed by atoms with Gasteiger partial charge in [0, 0.05) is 25.9 Å². The Labute approximate surface area is 197 Å². The second kappa shape index (κ2) is 14.6. The molecule has 2 atom stereocenters. The van der Waals surface area contributed by atoms with Crippen LogP contribution in [0.5, 0.6) is 0 Å². The first-order valence-electron chi connectivity index (χ1n) is 11.5. The van der Waals surface area contributed by atoms with Gasteiger partial charge in [0.05, 0.1) is 0 Å². The number of carbonyl (C=O) groups is 4. The zero-order valence-electron chi connectivity index (χ0n) is 21.4. The number of ether oxygens (including phenoxy) is 4. The molecule has 0 aromatic heterocycles. The quantitative estimate of drug-likeness (QED) is 0.248. The molecule has 2 N–H and O–H groups in total. The Bertz CT molecular complexity index is 583. The van der Waals surface area contributed by atoms with E-state index in [9.17, 15) is 19.2 Å². The normalized spacial score (nSPS) is 13.3. The molecule has 0 saturated carbocycles. The number of carbonyl (C=O) groups excluding carboxylic acids is 4. The molecule has 0 saturated heterocycles. The van der Waals surface area contributed by atoms with Crippen LogP contribution in [0, 0.1) is 0 Å². The van der Waals surface area contributed by atoms with Crippen LogP contribution in [0.2, 0.25) is 0 Å². The van der Waals surface area contributed by atoms with Gasteiger partial charge in [0.2, 0.25) is 0 Å². The van der Waals surface area contributed by atoms with Crippen LogP contribution in [0.3, 0.4) is 0 Å². The average molecular weight is 475 g/mol. The zero-order chi connectivity index (χ0) is 25.7. The van der Waals surface area contributed by atoms with Crippen molar-refractivity contribution in [3.8, 4) is 0 Å². The lowest BCUT2D eigenvalue weighted by atomic mass is 10.2. The van der Waals surface area contributed by atoms with Gasteiger partial charge in [-0.2, -0.15) is 0 Å². The largest absolute Gasteiger partial charge is 0.462 e. The van der Waals surface area contributed by atoms with Crippen molar-refractivity contribution in [1.29, 1.82) is 0 Å². The molecule has 10 heteroatoms. The highest BCUT2D eigenvalue weighted by molar-refractivity contribution is 5.91. The fourth-order valence-corrected chi connectivity index (χ4v) is 2.56. The Kier molecular flexibility index (Phi) is 13.5. The van der Waals surface area contributed by atoms with Gasteiger partial charge in [-0.1, -0.05) is 13.8 Å². The van der Waals surface area contributed by atoms with Gasteiger partial charge in [-0.25, -0.2) is 9.59 Å². The standard InChI is InChI=1S/C23H42N2O8/c1-9-16(11-13-24-20(28)32-22(3,4)5)30-18(26)15-19(27)31-17(10-2)12-14-25-21(29)33-23(6,7)8/h16-17H,9-15H2,1-8H3,(H,24,28)(H,25,29). The Hall–Kier alpha value is -2.52. The van der Waals surface area contributed by atoms with Crippen LogP contribution < -0.4 is 10.6 Å². The number of alkyl carbamates (subject to hydrolysis) is 2. The number of nitrogens with one attached hydrogen (secondary N) is 2. The summed E-state index contributed by atoms with van der Waals surface area (Å²) in [6.45, 7) is 14.8. The lowest BCUT2D eigenvalue weighted by molar-refractivity contribution is -0.160. The van der Waals surface area contributed by atoms with E-state index in [1.54, 1.807) is 41.5 Å². The molecule has 0 rings (SSSR count). The molecule has 192 valence electrons. The number of hydrogen-bond donors (Lipinski definition) is 2. The fourth-order valence-electron chi connectivity index (χ4n) is 2.56. The van der Waals surface area contributed by atoms with Gasteiger partial charge in [-0.05, 0) is 54.4 Å². The van der Waals surface area contributed by atoms with E-state index in [-0.39, 0.29) is 13.1 Å². The zero-order valence-corrected chi connectivity index (χ0v) is 21.4. The van der Waals surface area contributed by atoms with Gasteiger partial charge < -0.3 is 29.6 Å². The van der Waals surface area contributed by atoms with Crippen molar-refractivity contribution < 1.29 is 38.1 Å². The maximum Gasteiger partial charge on any atom is 0.407 e. The third-order valence-electron chi connectivity index (χ3n) is 4.06. The average Bonchev–Trinajstić information content (AvgIpc) is 2.63. The Morgan fingerprint density at radius 1 is 0.667 bits per heavy atom. The van der Waals surface area contributed by atoms with Gasteiger partial charge >= 0.3 is 24.1 Å². The summed E-state index contributed by atoms with van der Waals surface area (Å²) < 4.78 is 20.9. The summed E-state index contributed by atoms with van der Waals surface area (Å²) in [7, 11) is 0. The minimum absolute atomic E-state index is 0.272. The van der Waals surface area contributed by atoms with E-state index >= 15 is 0 Å². The van der Waals surface area contributed by atoms with E-state index < -0.39 is 54.0 Å². The summed E-state index contributed by atoms with van der Waals surface area (Å²) >= 11 is 0. The minimum Gasteiger partial charge on any atom is -0.462 e. The minimum atomic E-state index is -0.689. The Balaban J connectivity index is 4.30. The van der Waals surface area contributed by atoms with E-state index in [0.717, 1.165) is 0 Å². The Morgan fingerprint density at radius 3 is 1.27 bits per heavy atom. The first-order chi connectivity index (χ1) is 15.1.